The summed E-state index contributed by atoms with van der Waals surface area (Å²) in [6, 6.07) is 0. The molecule has 0 aliphatic heterocycles. The average molecular weight is 968 g/mol. The fourth-order valence-electron chi connectivity index (χ4n) is 7.46. The molecule has 0 aromatic heterocycles. The van der Waals surface area contributed by atoms with Gasteiger partial charge in [-0.2, -0.15) is 0 Å². The van der Waals surface area contributed by atoms with Gasteiger partial charge in [0.05, 0.1) is 6.61 Å². The van der Waals surface area contributed by atoms with Crippen LogP contribution in [0, 0.1) is 0 Å². The van der Waals surface area contributed by atoms with Gasteiger partial charge in [-0.3, -0.25) is 9.59 Å². The van der Waals surface area contributed by atoms with Gasteiger partial charge in [0.25, 0.3) is 0 Å². The predicted octanol–water partition coefficient (Wildman–Crippen LogP) is 19.9. The second-order valence-electron chi connectivity index (χ2n) is 18.4. The van der Waals surface area contributed by atoms with Gasteiger partial charge in [-0.1, -0.05) is 238 Å². The van der Waals surface area contributed by atoms with Crippen LogP contribution in [0.1, 0.15) is 239 Å². The zero-order valence-electron chi connectivity index (χ0n) is 45.5. The summed E-state index contributed by atoms with van der Waals surface area (Å²) in [4.78, 5) is 25.5. The van der Waals surface area contributed by atoms with E-state index < -0.39 is 6.10 Å². The molecule has 396 valence electrons. The summed E-state index contributed by atoms with van der Waals surface area (Å²) < 4.78 is 17.4. The molecule has 0 aliphatic rings. The predicted molar refractivity (Wildman–Crippen MR) is 306 cm³/mol. The largest absolute Gasteiger partial charge is 0.462 e. The monoisotopic (exact) mass is 967 g/mol. The van der Waals surface area contributed by atoms with Gasteiger partial charge in [-0.25, -0.2) is 0 Å². The maximum atomic E-state index is 12.9. The zero-order chi connectivity index (χ0) is 50.6. The molecule has 1 unspecified atom stereocenters. The number of esters is 2. The van der Waals surface area contributed by atoms with Gasteiger partial charge in [0.1, 0.15) is 6.61 Å². The lowest BCUT2D eigenvalue weighted by Crippen LogP contribution is -2.30. The minimum atomic E-state index is -0.588. The van der Waals surface area contributed by atoms with Crippen LogP contribution in [0.4, 0.5) is 0 Å². The van der Waals surface area contributed by atoms with E-state index in [1.807, 2.05) is 6.08 Å². The third-order valence-electron chi connectivity index (χ3n) is 11.7. The van der Waals surface area contributed by atoms with E-state index in [-0.39, 0.29) is 25.2 Å². The Kier molecular flexibility index (Phi) is 56.0. The fourth-order valence-corrected chi connectivity index (χ4v) is 7.46. The molecule has 5 heteroatoms. The number of carbonyl (C=O) groups excluding carboxylic acids is 2. The highest BCUT2D eigenvalue weighted by atomic mass is 16.6. The minimum Gasteiger partial charge on any atom is -0.462 e. The van der Waals surface area contributed by atoms with Crippen molar-refractivity contribution in [2.24, 2.45) is 0 Å². The molecular formula is C65H106O5. The molecule has 0 heterocycles. The highest BCUT2D eigenvalue weighted by molar-refractivity contribution is 5.70. The van der Waals surface area contributed by atoms with E-state index in [4.69, 9.17) is 14.2 Å². The Bertz CT molecular complexity index is 1470. The van der Waals surface area contributed by atoms with Crippen LogP contribution in [-0.2, 0) is 23.8 Å². The van der Waals surface area contributed by atoms with Gasteiger partial charge in [-0.05, 0) is 122 Å². The number of ether oxygens (including phenoxy) is 3. The topological polar surface area (TPSA) is 61.8 Å². The fraction of sp³-hybridized carbons (Fsp3) is 0.631. The van der Waals surface area contributed by atoms with Crippen LogP contribution in [0.15, 0.2) is 134 Å². The molecule has 0 amide bonds. The molecule has 0 aliphatic carbocycles. The van der Waals surface area contributed by atoms with E-state index in [0.29, 0.717) is 25.9 Å². The second kappa shape index (κ2) is 59.3. The quantitative estimate of drug-likeness (QED) is 0.0345. The first-order valence-electron chi connectivity index (χ1n) is 28.7. The van der Waals surface area contributed by atoms with Crippen molar-refractivity contribution >= 4 is 11.9 Å². The van der Waals surface area contributed by atoms with Gasteiger partial charge in [0.15, 0.2) is 6.10 Å². The van der Waals surface area contributed by atoms with E-state index in [0.717, 1.165) is 103 Å². The number of unbranched alkanes of at least 4 members (excludes halogenated alkanes) is 18. The molecule has 0 saturated carbocycles. The molecule has 0 aromatic rings. The molecular weight excluding hydrogens is 861 g/mol. The van der Waals surface area contributed by atoms with Crippen LogP contribution >= 0.6 is 0 Å². The first-order chi connectivity index (χ1) is 34.6. The number of hydrogen-bond donors (Lipinski definition) is 0. The summed E-state index contributed by atoms with van der Waals surface area (Å²) in [5.74, 6) is -0.518. The molecule has 0 fully saturated rings. The Hall–Kier alpha value is -3.96. The lowest BCUT2D eigenvalue weighted by Gasteiger charge is -2.18. The maximum absolute atomic E-state index is 12.9. The van der Waals surface area contributed by atoms with E-state index in [1.54, 1.807) is 0 Å². The van der Waals surface area contributed by atoms with Crippen LogP contribution in [0.3, 0.4) is 0 Å². The summed E-state index contributed by atoms with van der Waals surface area (Å²) in [5.41, 5.74) is 0. The van der Waals surface area contributed by atoms with Crippen molar-refractivity contribution in [3.63, 3.8) is 0 Å². The van der Waals surface area contributed by atoms with Crippen molar-refractivity contribution < 1.29 is 23.8 Å². The van der Waals surface area contributed by atoms with Crippen LogP contribution in [0.5, 0.6) is 0 Å². The summed E-state index contributed by atoms with van der Waals surface area (Å²) in [6.07, 6.45) is 84.8. The smallest absolute Gasteiger partial charge is 0.306 e. The molecule has 0 aromatic carbocycles. The highest BCUT2D eigenvalue weighted by Crippen LogP contribution is 2.13. The van der Waals surface area contributed by atoms with Gasteiger partial charge in [-0.15, -0.1) is 0 Å². The van der Waals surface area contributed by atoms with Crippen molar-refractivity contribution in [3.05, 3.63) is 134 Å². The van der Waals surface area contributed by atoms with Crippen molar-refractivity contribution in [3.8, 4) is 0 Å². The number of rotatable bonds is 51. The molecule has 0 N–H and O–H groups in total. The van der Waals surface area contributed by atoms with Gasteiger partial charge in [0, 0.05) is 19.4 Å². The third kappa shape index (κ3) is 56.6. The van der Waals surface area contributed by atoms with Crippen LogP contribution in [-0.4, -0.2) is 37.9 Å². The molecule has 0 spiro atoms. The van der Waals surface area contributed by atoms with E-state index in [2.05, 4.69) is 148 Å². The molecule has 70 heavy (non-hydrogen) atoms. The van der Waals surface area contributed by atoms with E-state index >= 15 is 0 Å². The Morgan fingerprint density at radius 1 is 0.329 bits per heavy atom. The number of allylic oxidation sites excluding steroid dienone is 22. The third-order valence-corrected chi connectivity index (χ3v) is 11.7. The molecule has 1 atom stereocenters. The van der Waals surface area contributed by atoms with E-state index in [9.17, 15) is 9.59 Å². The highest BCUT2D eigenvalue weighted by Gasteiger charge is 2.17. The zero-order valence-corrected chi connectivity index (χ0v) is 45.5. The van der Waals surface area contributed by atoms with Crippen LogP contribution in [0.25, 0.3) is 0 Å². The van der Waals surface area contributed by atoms with E-state index in [1.165, 1.54) is 96.3 Å². The Balaban J connectivity index is 4.46. The molecule has 5 nitrogen and oxygen atoms in total. The standard InChI is InChI=1S/C65H106O5/c1-4-7-10-13-16-19-22-25-28-31-33-35-37-40-43-46-49-52-55-58-64(66)69-62-63(61-68-60-57-54-51-48-45-42-39-30-27-24-21-18-15-12-9-6-3)70-65(67)59-56-53-50-47-44-41-38-36-34-32-29-26-23-20-17-14-11-8-5-2/h7-8,10-11,16-17,19-20,25-30,33-36,40,43,49,52,63H,4-6,9,12-15,18,21-24,31-32,37-39,41-42,44-48,50-51,53-62H2,1-3H3/b10-7-,11-8-,19-16-,20-17-,28-25-,29-26-,30-27-,35-33-,36-34-,43-40-,52-49-. The second-order valence-corrected chi connectivity index (χ2v) is 18.4. The first kappa shape index (κ1) is 66.0. The van der Waals surface area contributed by atoms with Crippen LogP contribution < -0.4 is 0 Å². The summed E-state index contributed by atoms with van der Waals surface area (Å²) in [7, 11) is 0. The van der Waals surface area contributed by atoms with Crippen molar-refractivity contribution in [1.29, 1.82) is 0 Å². The average Bonchev–Trinajstić information content (AvgIpc) is 3.36. The Morgan fingerprint density at radius 2 is 0.671 bits per heavy atom. The summed E-state index contributed by atoms with van der Waals surface area (Å²) >= 11 is 0. The number of hydrogen-bond acceptors (Lipinski definition) is 5. The SMILES string of the molecule is CC/C=C\C/C=C\C/C=C\C/C=C\C/C=C\C/C=C\CCC(=O)OCC(COCCCCCCCC/C=C\CCCCCCCC)OC(=O)CCCCCCCC/C=C\C/C=C\C/C=C\C/C=C\CC. The summed E-state index contributed by atoms with van der Waals surface area (Å²) in [5, 5.41) is 0. The molecule has 0 bridgehead atoms. The van der Waals surface area contributed by atoms with Crippen molar-refractivity contribution in [2.45, 2.75) is 245 Å². The van der Waals surface area contributed by atoms with Gasteiger partial charge in [0.2, 0.25) is 0 Å². The molecule has 0 saturated heterocycles. The van der Waals surface area contributed by atoms with Gasteiger partial charge >= 0.3 is 11.9 Å². The van der Waals surface area contributed by atoms with Crippen LogP contribution in [0.2, 0.25) is 0 Å². The number of carbonyl (C=O) groups is 2. The maximum Gasteiger partial charge on any atom is 0.306 e. The summed E-state index contributed by atoms with van der Waals surface area (Å²) in [6.45, 7) is 7.48. The minimum absolute atomic E-state index is 0.0288. The Morgan fingerprint density at radius 3 is 1.10 bits per heavy atom. The first-order valence-corrected chi connectivity index (χ1v) is 28.7. The van der Waals surface area contributed by atoms with Crippen molar-refractivity contribution in [1.82, 2.24) is 0 Å². The molecule has 0 rings (SSSR count). The lowest BCUT2D eigenvalue weighted by molar-refractivity contribution is -0.162. The molecule has 0 radical (unpaired) electrons. The van der Waals surface area contributed by atoms with Gasteiger partial charge < -0.3 is 14.2 Å². The lowest BCUT2D eigenvalue weighted by atomic mass is 10.1. The normalized spacial score (nSPS) is 13.2. The Labute approximate surface area is 432 Å². The van der Waals surface area contributed by atoms with Crippen molar-refractivity contribution in [2.75, 3.05) is 19.8 Å².